The molecule has 0 aliphatic rings. The lowest BCUT2D eigenvalue weighted by atomic mass is 10.00. The average molecular weight is 330 g/mol. The molecule has 0 aromatic heterocycles. The van der Waals surface area contributed by atoms with Crippen molar-refractivity contribution in [3.05, 3.63) is 57.3 Å². The predicted molar refractivity (Wildman–Crippen MR) is 71.5 cm³/mol. The quantitative estimate of drug-likeness (QED) is 0.874. The van der Waals surface area contributed by atoms with Crippen LogP contribution < -0.4 is 0 Å². The molecule has 0 amide bonds. The molecule has 2 rings (SSSR count). The van der Waals surface area contributed by atoms with Crippen LogP contribution in [0.3, 0.4) is 0 Å². The zero-order chi connectivity index (χ0) is 13.3. The van der Waals surface area contributed by atoms with Gasteiger partial charge in [0.2, 0.25) is 0 Å². The van der Waals surface area contributed by atoms with Gasteiger partial charge in [-0.2, -0.15) is 0 Å². The van der Waals surface area contributed by atoms with Gasteiger partial charge in [-0.3, -0.25) is 0 Å². The summed E-state index contributed by atoms with van der Waals surface area (Å²) in [5, 5.41) is 9.34. The Balaban J connectivity index is 2.67. The second-order valence-corrected chi connectivity index (χ2v) is 4.94. The number of halogens is 3. The fourth-order valence-corrected chi connectivity index (χ4v) is 2.27. The average Bonchev–Trinajstić information content (AvgIpc) is 2.29. The Morgan fingerprint density at radius 1 is 1.17 bits per heavy atom. The highest BCUT2D eigenvalue weighted by molar-refractivity contribution is 9.10. The van der Waals surface area contributed by atoms with Gasteiger partial charge in [0.25, 0.3) is 0 Å². The summed E-state index contributed by atoms with van der Waals surface area (Å²) in [6.07, 6.45) is 0. The molecular weight excluding hydrogens is 322 g/mol. The Labute approximate surface area is 116 Å². The molecule has 0 saturated heterocycles. The third-order valence-corrected chi connectivity index (χ3v) is 3.24. The minimum absolute atomic E-state index is 0.109. The Kier molecular flexibility index (Phi) is 3.68. The number of aromatic carboxylic acids is 1. The summed E-state index contributed by atoms with van der Waals surface area (Å²) in [4.78, 5) is 11.2. The van der Waals surface area contributed by atoms with E-state index in [1.54, 1.807) is 12.1 Å². The molecule has 0 fully saturated rings. The molecule has 5 heteroatoms. The van der Waals surface area contributed by atoms with E-state index in [9.17, 15) is 9.18 Å². The standard InChI is InChI=1S/C13H7BrClFO2/c14-7-1-3-9(11(5-7)13(17)18)10-4-2-8(16)6-12(10)15/h1-6H,(H,17,18). The molecule has 2 aromatic rings. The highest BCUT2D eigenvalue weighted by Gasteiger charge is 2.14. The third-order valence-electron chi connectivity index (χ3n) is 2.43. The highest BCUT2D eigenvalue weighted by atomic mass is 79.9. The first kappa shape index (κ1) is 13.1. The molecule has 0 bridgehead atoms. The highest BCUT2D eigenvalue weighted by Crippen LogP contribution is 2.32. The summed E-state index contributed by atoms with van der Waals surface area (Å²) in [5.41, 5.74) is 1.05. The summed E-state index contributed by atoms with van der Waals surface area (Å²) in [6.45, 7) is 0. The number of hydrogen-bond donors (Lipinski definition) is 1. The Hall–Kier alpha value is -1.39. The van der Waals surface area contributed by atoms with Gasteiger partial charge >= 0.3 is 5.97 Å². The van der Waals surface area contributed by atoms with Crippen LogP contribution in [0, 0.1) is 5.82 Å². The lowest BCUT2D eigenvalue weighted by molar-refractivity contribution is 0.0697. The molecule has 0 saturated carbocycles. The van der Waals surface area contributed by atoms with Crippen molar-refractivity contribution in [1.82, 2.24) is 0 Å². The maximum absolute atomic E-state index is 13.0. The van der Waals surface area contributed by atoms with Gasteiger partial charge in [-0.05, 0) is 35.9 Å². The van der Waals surface area contributed by atoms with Crippen LogP contribution in [0.1, 0.15) is 10.4 Å². The summed E-state index contributed by atoms with van der Waals surface area (Å²) in [6, 6.07) is 8.69. The zero-order valence-electron chi connectivity index (χ0n) is 8.95. The van der Waals surface area contributed by atoms with Crippen LogP contribution in [0.2, 0.25) is 5.02 Å². The fraction of sp³-hybridized carbons (Fsp3) is 0. The molecule has 1 N–H and O–H groups in total. The van der Waals surface area contributed by atoms with Crippen LogP contribution in [-0.2, 0) is 0 Å². The van der Waals surface area contributed by atoms with Crippen molar-refractivity contribution in [2.75, 3.05) is 0 Å². The van der Waals surface area contributed by atoms with Gasteiger partial charge in [0.1, 0.15) is 5.82 Å². The number of carbonyl (C=O) groups is 1. The molecular formula is C13H7BrClFO2. The molecule has 0 spiro atoms. The Morgan fingerprint density at radius 3 is 2.44 bits per heavy atom. The second kappa shape index (κ2) is 5.08. The van der Waals surface area contributed by atoms with E-state index >= 15 is 0 Å². The number of benzene rings is 2. The van der Waals surface area contributed by atoms with E-state index < -0.39 is 11.8 Å². The van der Waals surface area contributed by atoms with E-state index in [0.29, 0.717) is 15.6 Å². The van der Waals surface area contributed by atoms with Crippen molar-refractivity contribution < 1.29 is 14.3 Å². The van der Waals surface area contributed by atoms with E-state index in [1.165, 1.54) is 18.2 Å². The zero-order valence-corrected chi connectivity index (χ0v) is 11.3. The summed E-state index contributed by atoms with van der Waals surface area (Å²) >= 11 is 9.15. The van der Waals surface area contributed by atoms with Crippen LogP contribution in [-0.4, -0.2) is 11.1 Å². The molecule has 0 aliphatic heterocycles. The van der Waals surface area contributed by atoms with Crippen molar-refractivity contribution in [2.45, 2.75) is 0 Å². The molecule has 18 heavy (non-hydrogen) atoms. The van der Waals surface area contributed by atoms with E-state index in [-0.39, 0.29) is 10.6 Å². The van der Waals surface area contributed by atoms with Gasteiger partial charge < -0.3 is 5.11 Å². The van der Waals surface area contributed by atoms with Crippen LogP contribution in [0.25, 0.3) is 11.1 Å². The maximum Gasteiger partial charge on any atom is 0.336 e. The van der Waals surface area contributed by atoms with Gasteiger partial charge in [0, 0.05) is 10.0 Å². The molecule has 0 unspecified atom stereocenters. The smallest absolute Gasteiger partial charge is 0.336 e. The molecule has 0 radical (unpaired) electrons. The molecule has 0 aliphatic carbocycles. The molecule has 0 heterocycles. The van der Waals surface area contributed by atoms with E-state index in [4.69, 9.17) is 16.7 Å². The number of carboxylic acid groups (broad SMARTS) is 1. The van der Waals surface area contributed by atoms with Crippen LogP contribution in [0.4, 0.5) is 4.39 Å². The number of carboxylic acids is 1. The van der Waals surface area contributed by atoms with Gasteiger partial charge in [-0.1, -0.05) is 33.6 Å². The normalized spacial score (nSPS) is 10.4. The molecule has 2 nitrogen and oxygen atoms in total. The minimum Gasteiger partial charge on any atom is -0.478 e. The largest absolute Gasteiger partial charge is 0.478 e. The predicted octanol–water partition coefficient (Wildman–Crippen LogP) is 4.61. The van der Waals surface area contributed by atoms with Gasteiger partial charge in [0.15, 0.2) is 0 Å². The fourth-order valence-electron chi connectivity index (χ4n) is 1.64. The van der Waals surface area contributed by atoms with Crippen molar-refractivity contribution in [3.63, 3.8) is 0 Å². The van der Waals surface area contributed by atoms with Crippen LogP contribution in [0.5, 0.6) is 0 Å². The first-order chi connectivity index (χ1) is 8.49. The van der Waals surface area contributed by atoms with Gasteiger partial charge in [0.05, 0.1) is 10.6 Å². The third kappa shape index (κ3) is 2.54. The molecule has 2 aromatic carbocycles. The van der Waals surface area contributed by atoms with E-state index in [2.05, 4.69) is 15.9 Å². The Morgan fingerprint density at radius 2 is 1.83 bits per heavy atom. The Bertz CT molecular complexity index is 628. The summed E-state index contributed by atoms with van der Waals surface area (Å²) in [5.74, 6) is -1.52. The monoisotopic (exact) mass is 328 g/mol. The van der Waals surface area contributed by atoms with Crippen LogP contribution >= 0.6 is 27.5 Å². The van der Waals surface area contributed by atoms with Crippen molar-refractivity contribution in [1.29, 1.82) is 0 Å². The minimum atomic E-state index is -1.06. The first-order valence-corrected chi connectivity index (χ1v) is 6.14. The number of hydrogen-bond acceptors (Lipinski definition) is 1. The molecule has 0 atom stereocenters. The van der Waals surface area contributed by atoms with Crippen LogP contribution in [0.15, 0.2) is 40.9 Å². The second-order valence-electron chi connectivity index (χ2n) is 3.62. The van der Waals surface area contributed by atoms with E-state index in [0.717, 1.165) is 6.07 Å². The maximum atomic E-state index is 13.0. The summed E-state index contributed by atoms with van der Waals surface area (Å²) in [7, 11) is 0. The summed E-state index contributed by atoms with van der Waals surface area (Å²) < 4.78 is 13.6. The van der Waals surface area contributed by atoms with Crippen molar-refractivity contribution in [2.24, 2.45) is 0 Å². The first-order valence-electron chi connectivity index (χ1n) is 4.97. The molecule has 92 valence electrons. The van der Waals surface area contributed by atoms with E-state index in [1.807, 2.05) is 0 Å². The number of rotatable bonds is 2. The van der Waals surface area contributed by atoms with Gasteiger partial charge in [-0.25, -0.2) is 9.18 Å². The van der Waals surface area contributed by atoms with Crippen molar-refractivity contribution >= 4 is 33.5 Å². The lowest BCUT2D eigenvalue weighted by Crippen LogP contribution is -2.00. The SMILES string of the molecule is O=C(O)c1cc(Br)ccc1-c1ccc(F)cc1Cl. The van der Waals surface area contributed by atoms with Gasteiger partial charge in [-0.15, -0.1) is 0 Å². The lowest BCUT2D eigenvalue weighted by Gasteiger charge is -2.09. The van der Waals surface area contributed by atoms with Crippen molar-refractivity contribution in [3.8, 4) is 11.1 Å². The topological polar surface area (TPSA) is 37.3 Å².